The van der Waals surface area contributed by atoms with Crippen LogP contribution in [0.3, 0.4) is 0 Å². The summed E-state index contributed by atoms with van der Waals surface area (Å²) in [6.45, 7) is 5.17. The molecule has 0 aliphatic carbocycles. The van der Waals surface area contributed by atoms with Crippen LogP contribution in [0.1, 0.15) is 24.2 Å². The molecule has 1 aliphatic heterocycles. The van der Waals surface area contributed by atoms with Crippen LogP contribution < -0.4 is 10.6 Å². The fourth-order valence-corrected chi connectivity index (χ4v) is 4.90. The van der Waals surface area contributed by atoms with Gasteiger partial charge >= 0.3 is 0 Å². The minimum Gasteiger partial charge on any atom is -0.355 e. The van der Waals surface area contributed by atoms with Crippen molar-refractivity contribution in [3.05, 3.63) is 65.7 Å². The number of hydrogen-bond acceptors (Lipinski definition) is 5. The van der Waals surface area contributed by atoms with Crippen molar-refractivity contribution in [3.63, 3.8) is 0 Å². The number of benzene rings is 2. The second kappa shape index (κ2) is 15.3. The van der Waals surface area contributed by atoms with Crippen molar-refractivity contribution in [2.24, 2.45) is 10.9 Å². The van der Waals surface area contributed by atoms with E-state index in [1.54, 1.807) is 21.3 Å². The molecule has 8 nitrogen and oxygen atoms in total. The van der Waals surface area contributed by atoms with Crippen molar-refractivity contribution in [2.45, 2.75) is 32.1 Å². The summed E-state index contributed by atoms with van der Waals surface area (Å²) in [6, 6.07) is 15.1. The van der Waals surface area contributed by atoms with Crippen LogP contribution in [0.2, 0.25) is 0 Å². The van der Waals surface area contributed by atoms with Gasteiger partial charge < -0.3 is 29.6 Å². The normalized spacial score (nSPS) is 15.1. The van der Waals surface area contributed by atoms with Crippen LogP contribution in [0, 0.1) is 11.7 Å². The highest BCUT2D eigenvalue weighted by Gasteiger charge is 2.22. The van der Waals surface area contributed by atoms with Crippen LogP contribution in [-0.2, 0) is 22.4 Å². The number of ether oxygens (including phenoxy) is 2. The molecule has 0 radical (unpaired) electrons. The number of imidazole rings is 1. The number of fused-ring (bicyclic) bond motifs is 1. The van der Waals surface area contributed by atoms with Gasteiger partial charge in [-0.3, -0.25) is 4.99 Å². The summed E-state index contributed by atoms with van der Waals surface area (Å²) in [6.07, 6.45) is 2.95. The smallest absolute Gasteiger partial charge is 0.191 e. The van der Waals surface area contributed by atoms with E-state index < -0.39 is 0 Å². The van der Waals surface area contributed by atoms with Crippen molar-refractivity contribution in [1.82, 2.24) is 25.1 Å². The molecule has 1 aromatic heterocycles. The molecule has 1 fully saturated rings. The van der Waals surface area contributed by atoms with E-state index in [-0.39, 0.29) is 36.1 Å². The Labute approximate surface area is 242 Å². The maximum Gasteiger partial charge on any atom is 0.191 e. The van der Waals surface area contributed by atoms with Gasteiger partial charge in [-0.2, -0.15) is 0 Å². The lowest BCUT2D eigenvalue weighted by Crippen LogP contribution is -2.45. The molecular formula is C28H40FIN6O2. The molecule has 4 rings (SSSR count). The van der Waals surface area contributed by atoms with Crippen LogP contribution in [-0.4, -0.2) is 80.7 Å². The third-order valence-electron chi connectivity index (χ3n) is 7.07. The molecule has 2 heterocycles. The average molecular weight is 639 g/mol. The highest BCUT2D eigenvalue weighted by Crippen LogP contribution is 2.25. The highest BCUT2D eigenvalue weighted by molar-refractivity contribution is 14.0. The SMILES string of the molecule is C/N=C(/NCCN1CCC(Cc2nc3ccccc3n2Cc2ccc(F)cc2)CC1)NCC(OC)OC.I. The second-order valence-corrected chi connectivity index (χ2v) is 9.50. The zero-order valence-corrected chi connectivity index (χ0v) is 24.9. The molecule has 38 heavy (non-hydrogen) atoms. The van der Waals surface area contributed by atoms with Crippen LogP contribution in [0.15, 0.2) is 53.5 Å². The number of nitrogens with zero attached hydrogens (tertiary/aromatic N) is 4. The Bertz CT molecular complexity index is 1140. The maximum absolute atomic E-state index is 13.4. The third kappa shape index (κ3) is 8.36. The van der Waals surface area contributed by atoms with Gasteiger partial charge in [-0.15, -0.1) is 24.0 Å². The van der Waals surface area contributed by atoms with E-state index in [0.29, 0.717) is 19.0 Å². The number of aromatic nitrogens is 2. The van der Waals surface area contributed by atoms with E-state index in [0.717, 1.165) is 73.8 Å². The van der Waals surface area contributed by atoms with E-state index in [9.17, 15) is 4.39 Å². The number of nitrogens with one attached hydrogen (secondary N) is 2. The number of hydrogen-bond donors (Lipinski definition) is 2. The molecule has 208 valence electrons. The van der Waals surface area contributed by atoms with Crippen LogP contribution in [0.5, 0.6) is 0 Å². The first-order valence-electron chi connectivity index (χ1n) is 13.0. The summed E-state index contributed by atoms with van der Waals surface area (Å²) in [5.74, 6) is 2.25. The molecule has 0 unspecified atom stereocenters. The van der Waals surface area contributed by atoms with Crippen molar-refractivity contribution in [2.75, 3.05) is 54.0 Å². The number of likely N-dealkylation sites (tertiary alicyclic amines) is 1. The first-order chi connectivity index (χ1) is 18.1. The van der Waals surface area contributed by atoms with Crippen LogP contribution in [0.25, 0.3) is 11.0 Å². The van der Waals surface area contributed by atoms with Crippen molar-refractivity contribution >= 4 is 41.0 Å². The zero-order chi connectivity index (χ0) is 26.0. The summed E-state index contributed by atoms with van der Waals surface area (Å²) in [7, 11) is 5.01. The van der Waals surface area contributed by atoms with Crippen molar-refractivity contribution in [3.8, 4) is 0 Å². The van der Waals surface area contributed by atoms with Gasteiger partial charge in [0.05, 0.1) is 17.6 Å². The molecule has 2 aromatic carbocycles. The Hall–Kier alpha value is -2.28. The summed E-state index contributed by atoms with van der Waals surface area (Å²) < 4.78 is 26.1. The molecule has 0 amide bonds. The number of halogens is 2. The van der Waals surface area contributed by atoms with Crippen molar-refractivity contribution < 1.29 is 13.9 Å². The molecule has 1 saturated heterocycles. The molecular weight excluding hydrogens is 598 g/mol. The maximum atomic E-state index is 13.4. The molecule has 0 spiro atoms. The predicted molar refractivity (Wildman–Crippen MR) is 161 cm³/mol. The summed E-state index contributed by atoms with van der Waals surface area (Å²) in [4.78, 5) is 11.8. The first-order valence-corrected chi connectivity index (χ1v) is 13.0. The molecule has 10 heteroatoms. The lowest BCUT2D eigenvalue weighted by molar-refractivity contribution is -0.0966. The molecule has 0 saturated carbocycles. The fourth-order valence-electron chi connectivity index (χ4n) is 4.90. The van der Waals surface area contributed by atoms with E-state index in [2.05, 4.69) is 43.3 Å². The Kier molecular flexibility index (Phi) is 12.2. The summed E-state index contributed by atoms with van der Waals surface area (Å²) in [5, 5.41) is 6.59. The van der Waals surface area contributed by atoms with Gasteiger partial charge in [-0.1, -0.05) is 24.3 Å². The number of aliphatic imine (C=N–C) groups is 1. The number of methoxy groups -OCH3 is 2. The summed E-state index contributed by atoms with van der Waals surface area (Å²) >= 11 is 0. The van der Waals surface area contributed by atoms with Gasteiger partial charge in [0.15, 0.2) is 12.2 Å². The van der Waals surface area contributed by atoms with Gasteiger partial charge in [0.2, 0.25) is 0 Å². The number of para-hydroxylation sites is 2. The Morgan fingerprint density at radius 2 is 1.79 bits per heavy atom. The number of rotatable bonds is 11. The highest BCUT2D eigenvalue weighted by atomic mass is 127. The predicted octanol–water partition coefficient (Wildman–Crippen LogP) is 3.88. The quantitative estimate of drug-likeness (QED) is 0.144. The number of guanidine groups is 1. The Balaban J connectivity index is 0.00000400. The number of piperidine rings is 1. The van der Waals surface area contributed by atoms with Gasteiger partial charge in [0.25, 0.3) is 0 Å². The minimum atomic E-state index is -0.304. The lowest BCUT2D eigenvalue weighted by Gasteiger charge is -2.32. The molecule has 0 atom stereocenters. The van der Waals surface area contributed by atoms with Crippen LogP contribution in [0.4, 0.5) is 4.39 Å². The first kappa shape index (κ1) is 30.3. The zero-order valence-electron chi connectivity index (χ0n) is 22.5. The standard InChI is InChI=1S/C28H39FN6O2.HI/c1-30-28(32-19-27(36-2)37-3)31-14-17-34-15-12-21(13-16-34)18-26-33-24-6-4-5-7-25(24)35(26)20-22-8-10-23(29)11-9-22;/h4-11,21,27H,12-20H2,1-3H3,(H2,30,31,32);1H. The Morgan fingerprint density at radius 1 is 1.08 bits per heavy atom. The van der Waals surface area contributed by atoms with Gasteiger partial charge in [0.1, 0.15) is 11.6 Å². The minimum absolute atomic E-state index is 0. The average Bonchev–Trinajstić information content (AvgIpc) is 3.27. The lowest BCUT2D eigenvalue weighted by atomic mass is 9.93. The third-order valence-corrected chi connectivity index (χ3v) is 7.07. The van der Waals surface area contributed by atoms with Gasteiger partial charge in [0, 0.05) is 47.3 Å². The molecule has 3 aromatic rings. The van der Waals surface area contributed by atoms with E-state index in [1.807, 2.05) is 18.2 Å². The van der Waals surface area contributed by atoms with E-state index in [1.165, 1.54) is 12.1 Å². The van der Waals surface area contributed by atoms with Gasteiger partial charge in [-0.05, 0) is 61.7 Å². The summed E-state index contributed by atoms with van der Waals surface area (Å²) in [5.41, 5.74) is 3.24. The largest absolute Gasteiger partial charge is 0.355 e. The Morgan fingerprint density at radius 3 is 2.47 bits per heavy atom. The van der Waals surface area contributed by atoms with Gasteiger partial charge in [-0.25, -0.2) is 9.37 Å². The molecule has 0 bridgehead atoms. The monoisotopic (exact) mass is 638 g/mol. The fraction of sp³-hybridized carbons (Fsp3) is 0.500. The molecule has 2 N–H and O–H groups in total. The van der Waals surface area contributed by atoms with E-state index >= 15 is 0 Å². The van der Waals surface area contributed by atoms with Crippen LogP contribution >= 0.6 is 24.0 Å². The second-order valence-electron chi connectivity index (χ2n) is 9.50. The molecule has 1 aliphatic rings. The van der Waals surface area contributed by atoms with Crippen molar-refractivity contribution in [1.29, 1.82) is 0 Å². The van der Waals surface area contributed by atoms with E-state index in [4.69, 9.17) is 14.5 Å². The topological polar surface area (TPSA) is 75.9 Å².